The third kappa shape index (κ3) is 2.00. The van der Waals surface area contributed by atoms with Gasteiger partial charge in [-0.25, -0.2) is 0 Å². The van der Waals surface area contributed by atoms with Crippen LogP contribution >= 0.6 is 0 Å². The molecule has 0 bridgehead atoms. The van der Waals surface area contributed by atoms with Gasteiger partial charge < -0.3 is 15.0 Å². The molecular weight excluding hydrogens is 251 g/mol. The van der Waals surface area contributed by atoms with E-state index < -0.39 is 0 Å². The van der Waals surface area contributed by atoms with Crippen LogP contribution in [0.3, 0.4) is 0 Å². The second-order valence-corrected chi connectivity index (χ2v) is 7.06. The Hall–Kier alpha value is -0.905. The molecule has 0 spiro atoms. The number of nitrogens with zero attached hydrogens (tertiary/aromatic N) is 1. The van der Waals surface area contributed by atoms with Gasteiger partial charge in [0.05, 0.1) is 11.2 Å². The van der Waals surface area contributed by atoms with Crippen LogP contribution in [0, 0.1) is 0 Å². The molecule has 1 aromatic heterocycles. The molecule has 1 aliphatic heterocycles. The second kappa shape index (κ2) is 4.29. The highest BCUT2D eigenvalue weighted by atomic mass is 16.7. The lowest BCUT2D eigenvalue weighted by molar-refractivity contribution is 0.00578. The molecule has 1 saturated heterocycles. The van der Waals surface area contributed by atoms with E-state index in [0.29, 0.717) is 0 Å². The first-order valence-corrected chi connectivity index (χ1v) is 7.34. The van der Waals surface area contributed by atoms with E-state index in [-0.39, 0.29) is 23.9 Å². The summed E-state index contributed by atoms with van der Waals surface area (Å²) in [5.74, 6) is 0. The molecule has 0 atom stereocenters. The summed E-state index contributed by atoms with van der Waals surface area (Å²) in [4.78, 5) is 4.25. The van der Waals surface area contributed by atoms with Gasteiger partial charge in [-0.15, -0.1) is 0 Å². The highest BCUT2D eigenvalue weighted by molar-refractivity contribution is 6.62. The normalized spacial score (nSPS) is 26.4. The summed E-state index contributed by atoms with van der Waals surface area (Å²) < 4.78 is 12.3. The monoisotopic (exact) mass is 274 g/mol. The van der Waals surface area contributed by atoms with Crippen molar-refractivity contribution in [2.45, 2.75) is 63.7 Å². The van der Waals surface area contributed by atoms with E-state index in [9.17, 15) is 0 Å². The molecule has 1 saturated carbocycles. The molecule has 108 valence electrons. The predicted molar refractivity (Wildman–Crippen MR) is 79.7 cm³/mol. The van der Waals surface area contributed by atoms with E-state index in [0.717, 1.165) is 23.9 Å². The van der Waals surface area contributed by atoms with Crippen LogP contribution in [0.4, 0.5) is 0 Å². The van der Waals surface area contributed by atoms with Gasteiger partial charge in [-0.3, -0.25) is 4.98 Å². The Balaban J connectivity index is 1.96. The smallest absolute Gasteiger partial charge is 0.399 e. The Bertz CT molecular complexity index is 510. The maximum absolute atomic E-state index is 6.48. The Morgan fingerprint density at radius 2 is 1.75 bits per heavy atom. The van der Waals surface area contributed by atoms with Crippen molar-refractivity contribution in [3.63, 3.8) is 0 Å². The zero-order valence-electron chi connectivity index (χ0n) is 12.8. The average molecular weight is 274 g/mol. The first-order valence-electron chi connectivity index (χ1n) is 7.34. The van der Waals surface area contributed by atoms with E-state index in [1.807, 2.05) is 12.3 Å². The van der Waals surface area contributed by atoms with Crippen LogP contribution in [0.1, 0.15) is 52.5 Å². The van der Waals surface area contributed by atoms with Crippen molar-refractivity contribution in [2.24, 2.45) is 5.73 Å². The summed E-state index contributed by atoms with van der Waals surface area (Å²) in [6.07, 6.45) is 6.84. The minimum atomic E-state index is -0.362. The third-order valence-corrected chi connectivity index (χ3v) is 5.14. The molecule has 5 heteroatoms. The number of hydrogen-bond acceptors (Lipinski definition) is 4. The number of hydrogen-bond donors (Lipinski definition) is 1. The van der Waals surface area contributed by atoms with Crippen molar-refractivity contribution in [1.29, 1.82) is 0 Å². The molecule has 0 aromatic carbocycles. The first kappa shape index (κ1) is 14.0. The molecule has 4 nitrogen and oxygen atoms in total. The summed E-state index contributed by atoms with van der Waals surface area (Å²) >= 11 is 0. The molecule has 2 aliphatic rings. The van der Waals surface area contributed by atoms with Crippen LogP contribution in [-0.4, -0.2) is 23.3 Å². The highest BCUT2D eigenvalue weighted by Gasteiger charge is 2.53. The molecule has 3 rings (SSSR count). The zero-order chi connectivity index (χ0) is 14.6. The summed E-state index contributed by atoms with van der Waals surface area (Å²) in [5, 5.41) is 0. The summed E-state index contributed by atoms with van der Waals surface area (Å²) in [6, 6.07) is 1.98. The molecular formula is C15H23BN2O2. The second-order valence-electron chi connectivity index (χ2n) is 7.06. The van der Waals surface area contributed by atoms with Crippen LogP contribution in [-0.2, 0) is 14.8 Å². The molecule has 2 fully saturated rings. The van der Waals surface area contributed by atoms with Crippen LogP contribution in [0.2, 0.25) is 0 Å². The van der Waals surface area contributed by atoms with Crippen molar-refractivity contribution >= 4 is 12.6 Å². The van der Waals surface area contributed by atoms with Gasteiger partial charge in [0.25, 0.3) is 0 Å². The Labute approximate surface area is 121 Å². The quantitative estimate of drug-likeness (QED) is 0.834. The Morgan fingerprint density at radius 1 is 1.15 bits per heavy atom. The summed E-state index contributed by atoms with van der Waals surface area (Å²) in [7, 11) is -0.362. The minimum Gasteiger partial charge on any atom is -0.399 e. The van der Waals surface area contributed by atoms with Gasteiger partial charge in [0, 0.05) is 17.9 Å². The van der Waals surface area contributed by atoms with E-state index >= 15 is 0 Å². The number of rotatable bonds is 2. The molecule has 1 aliphatic carbocycles. The van der Waals surface area contributed by atoms with E-state index in [4.69, 9.17) is 15.0 Å². The molecule has 2 N–H and O–H groups in total. The number of nitrogens with two attached hydrogens (primary N) is 1. The van der Waals surface area contributed by atoms with Crippen molar-refractivity contribution in [3.8, 4) is 0 Å². The highest BCUT2D eigenvalue weighted by Crippen LogP contribution is 2.40. The third-order valence-electron chi connectivity index (χ3n) is 5.14. The molecule has 0 unspecified atom stereocenters. The number of aromatic nitrogens is 1. The maximum Gasteiger partial charge on any atom is 0.495 e. The van der Waals surface area contributed by atoms with Crippen LogP contribution in [0.25, 0.3) is 0 Å². The predicted octanol–water partition coefficient (Wildman–Crippen LogP) is 1.72. The fourth-order valence-electron chi connectivity index (χ4n) is 2.82. The SMILES string of the molecule is CC1(C)OB(c2ccncc2C2(N)CCC2)OC1(C)C. The molecule has 0 amide bonds. The maximum atomic E-state index is 6.48. The Morgan fingerprint density at radius 3 is 2.25 bits per heavy atom. The standard InChI is InChI=1S/C15H23BN2O2/c1-13(2)14(3,4)20-16(19-13)12-6-9-18-10-11(12)15(17)7-5-8-15/h6,9-10H,5,7-8,17H2,1-4H3. The lowest BCUT2D eigenvalue weighted by Crippen LogP contribution is -2.50. The molecule has 0 radical (unpaired) electrons. The van der Waals surface area contributed by atoms with Crippen LogP contribution in [0.15, 0.2) is 18.5 Å². The zero-order valence-corrected chi connectivity index (χ0v) is 12.8. The average Bonchev–Trinajstić information content (AvgIpc) is 2.55. The van der Waals surface area contributed by atoms with Crippen molar-refractivity contribution in [3.05, 3.63) is 24.0 Å². The molecule has 2 heterocycles. The van der Waals surface area contributed by atoms with Gasteiger partial charge in [-0.1, -0.05) is 0 Å². The van der Waals surface area contributed by atoms with Gasteiger partial charge >= 0.3 is 7.12 Å². The van der Waals surface area contributed by atoms with E-state index in [1.165, 1.54) is 6.42 Å². The van der Waals surface area contributed by atoms with Crippen LogP contribution < -0.4 is 11.2 Å². The largest absolute Gasteiger partial charge is 0.495 e. The summed E-state index contributed by atoms with van der Waals surface area (Å²) in [5.41, 5.74) is 7.65. The van der Waals surface area contributed by atoms with Crippen molar-refractivity contribution in [2.75, 3.05) is 0 Å². The van der Waals surface area contributed by atoms with Crippen molar-refractivity contribution in [1.82, 2.24) is 4.98 Å². The lowest BCUT2D eigenvalue weighted by Gasteiger charge is -2.39. The van der Waals surface area contributed by atoms with Gasteiger partial charge in [0.2, 0.25) is 0 Å². The lowest BCUT2D eigenvalue weighted by atomic mass is 9.65. The molecule has 20 heavy (non-hydrogen) atoms. The Kier molecular flexibility index (Phi) is 3.02. The number of pyridine rings is 1. The first-order chi connectivity index (χ1) is 9.25. The van der Waals surface area contributed by atoms with Gasteiger partial charge in [-0.05, 0) is 64.1 Å². The fraction of sp³-hybridized carbons (Fsp3) is 0.667. The molecule has 1 aromatic rings. The van der Waals surface area contributed by atoms with E-state index in [2.05, 4.69) is 32.7 Å². The minimum absolute atomic E-state index is 0.257. The fourth-order valence-corrected chi connectivity index (χ4v) is 2.82. The van der Waals surface area contributed by atoms with Gasteiger partial charge in [0.1, 0.15) is 0 Å². The van der Waals surface area contributed by atoms with Crippen LogP contribution in [0.5, 0.6) is 0 Å². The van der Waals surface area contributed by atoms with Gasteiger partial charge in [-0.2, -0.15) is 0 Å². The van der Waals surface area contributed by atoms with E-state index in [1.54, 1.807) is 6.20 Å². The van der Waals surface area contributed by atoms with Crippen molar-refractivity contribution < 1.29 is 9.31 Å². The van der Waals surface area contributed by atoms with Gasteiger partial charge in [0.15, 0.2) is 0 Å². The summed E-state index contributed by atoms with van der Waals surface area (Å²) in [6.45, 7) is 8.26. The topological polar surface area (TPSA) is 57.4 Å².